The van der Waals surface area contributed by atoms with Crippen molar-refractivity contribution in [1.29, 1.82) is 0 Å². The summed E-state index contributed by atoms with van der Waals surface area (Å²) < 4.78 is 31.1. The fourth-order valence-corrected chi connectivity index (χ4v) is 3.31. The van der Waals surface area contributed by atoms with Crippen LogP contribution < -0.4 is 4.72 Å². The Hall–Kier alpha value is -0.540. The molecule has 0 saturated carbocycles. The minimum Gasteiger partial charge on any atom is -0.394 e. The van der Waals surface area contributed by atoms with Crippen LogP contribution in [-0.2, 0) is 14.8 Å². The second kappa shape index (κ2) is 7.02. The van der Waals surface area contributed by atoms with Gasteiger partial charge in [-0.05, 0) is 13.3 Å². The summed E-state index contributed by atoms with van der Waals surface area (Å²) in [5.41, 5.74) is 0. The number of ether oxygens (including phenoxy) is 1. The van der Waals surface area contributed by atoms with Gasteiger partial charge in [0.25, 0.3) is 10.0 Å². The second-order valence-electron chi connectivity index (χ2n) is 3.29. The number of nitrogens with one attached hydrogen (secondary N) is 1. The van der Waals surface area contributed by atoms with Gasteiger partial charge in [0.15, 0.2) is 4.21 Å². The van der Waals surface area contributed by atoms with Crippen LogP contribution in [0.4, 0.5) is 0 Å². The number of aromatic nitrogens is 1. The first-order chi connectivity index (χ1) is 8.06. The molecule has 0 radical (unpaired) electrons. The van der Waals surface area contributed by atoms with Gasteiger partial charge in [-0.3, -0.25) is 0 Å². The molecule has 8 heteroatoms. The van der Waals surface area contributed by atoms with E-state index in [-0.39, 0.29) is 17.4 Å². The molecule has 0 bridgehead atoms. The van der Waals surface area contributed by atoms with E-state index in [0.717, 1.165) is 16.3 Å². The van der Waals surface area contributed by atoms with Gasteiger partial charge in [-0.1, -0.05) is 0 Å². The molecule has 0 unspecified atom stereocenters. The summed E-state index contributed by atoms with van der Waals surface area (Å²) in [5, 5.41) is 9.18. The monoisotopic (exact) mass is 280 g/mol. The molecule has 0 amide bonds. The third-order valence-corrected chi connectivity index (χ3v) is 4.69. The van der Waals surface area contributed by atoms with E-state index in [1.807, 2.05) is 0 Å². The maximum absolute atomic E-state index is 11.7. The van der Waals surface area contributed by atoms with Crippen molar-refractivity contribution in [3.8, 4) is 0 Å². The molecule has 2 N–H and O–H groups in total. The molecule has 17 heavy (non-hydrogen) atoms. The molecule has 0 saturated heterocycles. The van der Waals surface area contributed by atoms with E-state index < -0.39 is 10.0 Å². The van der Waals surface area contributed by atoms with E-state index in [0.29, 0.717) is 19.6 Å². The molecule has 0 fully saturated rings. The summed E-state index contributed by atoms with van der Waals surface area (Å²) in [6.45, 7) is 2.74. The highest BCUT2D eigenvalue weighted by Crippen LogP contribution is 2.17. The first-order valence-electron chi connectivity index (χ1n) is 5.17. The summed E-state index contributed by atoms with van der Waals surface area (Å²) in [6.07, 6.45) is 1.92. The van der Waals surface area contributed by atoms with Gasteiger partial charge in [0, 0.05) is 13.2 Å². The molecular weight excluding hydrogens is 264 g/mol. The predicted octanol–water partition coefficient (Wildman–Crippen LogP) is 0.129. The smallest absolute Gasteiger partial charge is 0.251 e. The quantitative estimate of drug-likeness (QED) is 0.661. The van der Waals surface area contributed by atoms with E-state index in [4.69, 9.17) is 9.84 Å². The molecule has 1 aromatic rings. The minimum atomic E-state index is -3.43. The lowest BCUT2D eigenvalue weighted by atomic mass is 10.5. The Morgan fingerprint density at radius 2 is 2.29 bits per heavy atom. The van der Waals surface area contributed by atoms with E-state index in [2.05, 4.69) is 9.71 Å². The van der Waals surface area contributed by atoms with Crippen molar-refractivity contribution < 1.29 is 18.3 Å². The summed E-state index contributed by atoms with van der Waals surface area (Å²) in [6, 6.07) is 0. The Balaban J connectivity index is 2.31. The van der Waals surface area contributed by atoms with Gasteiger partial charge in [0.2, 0.25) is 0 Å². The number of thiazole rings is 1. The molecular formula is C9H16N2O4S2. The Kier molecular flexibility index (Phi) is 6.00. The molecule has 0 aliphatic rings. The lowest BCUT2D eigenvalue weighted by Crippen LogP contribution is -2.25. The van der Waals surface area contributed by atoms with Crippen molar-refractivity contribution in [2.24, 2.45) is 0 Å². The molecule has 98 valence electrons. The van der Waals surface area contributed by atoms with Crippen molar-refractivity contribution in [3.63, 3.8) is 0 Å². The summed E-state index contributed by atoms with van der Waals surface area (Å²) in [4.78, 5) is 3.90. The van der Waals surface area contributed by atoms with Crippen molar-refractivity contribution in [2.45, 2.75) is 17.6 Å². The van der Waals surface area contributed by atoms with E-state index in [1.165, 1.54) is 6.20 Å². The Bertz CT molecular complexity index is 430. The second-order valence-corrected chi connectivity index (χ2v) is 6.51. The number of hydrogen-bond donors (Lipinski definition) is 2. The fraction of sp³-hybridized carbons (Fsp3) is 0.667. The maximum Gasteiger partial charge on any atom is 0.251 e. The molecule has 1 heterocycles. The topological polar surface area (TPSA) is 88.5 Å². The van der Waals surface area contributed by atoms with Gasteiger partial charge < -0.3 is 9.84 Å². The lowest BCUT2D eigenvalue weighted by Gasteiger charge is -2.04. The SMILES string of the molecule is Cc1ncc(S(=O)(=O)NCCCOCCO)s1. The number of aryl methyl sites for hydroxylation is 1. The van der Waals surface area contributed by atoms with Crippen LogP contribution in [0, 0.1) is 6.92 Å². The van der Waals surface area contributed by atoms with Gasteiger partial charge in [-0.15, -0.1) is 11.3 Å². The summed E-state index contributed by atoms with van der Waals surface area (Å²) in [7, 11) is -3.43. The van der Waals surface area contributed by atoms with Crippen molar-refractivity contribution in [1.82, 2.24) is 9.71 Å². The standard InChI is InChI=1S/C9H16N2O4S2/c1-8-10-7-9(16-8)17(13,14)11-3-2-5-15-6-4-12/h7,11-12H,2-6H2,1H3. The average Bonchev–Trinajstić information content (AvgIpc) is 2.71. The highest BCUT2D eigenvalue weighted by Gasteiger charge is 2.15. The van der Waals surface area contributed by atoms with Crippen LogP contribution in [0.2, 0.25) is 0 Å². The zero-order valence-electron chi connectivity index (χ0n) is 9.55. The zero-order chi connectivity index (χ0) is 12.7. The van der Waals surface area contributed by atoms with E-state index >= 15 is 0 Å². The highest BCUT2D eigenvalue weighted by atomic mass is 32.2. The van der Waals surface area contributed by atoms with Gasteiger partial charge in [0.05, 0.1) is 24.4 Å². The van der Waals surface area contributed by atoms with Crippen LogP contribution >= 0.6 is 11.3 Å². The van der Waals surface area contributed by atoms with Crippen LogP contribution in [0.1, 0.15) is 11.4 Å². The number of aliphatic hydroxyl groups is 1. The van der Waals surface area contributed by atoms with Crippen LogP contribution in [0.3, 0.4) is 0 Å². The molecule has 0 atom stereocenters. The molecule has 1 aromatic heterocycles. The molecule has 1 rings (SSSR count). The van der Waals surface area contributed by atoms with Gasteiger partial charge in [0.1, 0.15) is 0 Å². The predicted molar refractivity (Wildman–Crippen MR) is 64.6 cm³/mol. The van der Waals surface area contributed by atoms with Crippen molar-refractivity contribution in [2.75, 3.05) is 26.4 Å². The summed E-state index contributed by atoms with van der Waals surface area (Å²) in [5.74, 6) is 0. The molecule has 0 aliphatic heterocycles. The van der Waals surface area contributed by atoms with E-state index in [1.54, 1.807) is 6.92 Å². The fourth-order valence-electron chi connectivity index (χ4n) is 1.08. The summed E-state index contributed by atoms with van der Waals surface area (Å²) >= 11 is 1.14. The van der Waals surface area contributed by atoms with Gasteiger partial charge in [-0.2, -0.15) is 0 Å². The molecule has 0 aliphatic carbocycles. The Morgan fingerprint density at radius 3 is 2.88 bits per heavy atom. The van der Waals surface area contributed by atoms with Gasteiger partial charge in [-0.25, -0.2) is 18.1 Å². The number of sulfonamides is 1. The minimum absolute atomic E-state index is 0.0220. The first kappa shape index (κ1) is 14.5. The normalized spacial score (nSPS) is 11.9. The first-order valence-corrected chi connectivity index (χ1v) is 7.47. The molecule has 0 spiro atoms. The largest absolute Gasteiger partial charge is 0.394 e. The van der Waals surface area contributed by atoms with Crippen LogP contribution in [0.15, 0.2) is 10.4 Å². The Morgan fingerprint density at radius 1 is 1.53 bits per heavy atom. The number of nitrogens with zero attached hydrogens (tertiary/aromatic N) is 1. The lowest BCUT2D eigenvalue weighted by molar-refractivity contribution is 0.0913. The molecule has 6 nitrogen and oxygen atoms in total. The van der Waals surface area contributed by atoms with E-state index in [9.17, 15) is 8.42 Å². The number of aliphatic hydroxyl groups excluding tert-OH is 1. The van der Waals surface area contributed by atoms with Crippen LogP contribution in [0.25, 0.3) is 0 Å². The maximum atomic E-state index is 11.7. The molecule has 0 aromatic carbocycles. The Labute approximate surface area is 105 Å². The van der Waals surface area contributed by atoms with Crippen LogP contribution in [0.5, 0.6) is 0 Å². The number of hydrogen-bond acceptors (Lipinski definition) is 6. The zero-order valence-corrected chi connectivity index (χ0v) is 11.2. The highest BCUT2D eigenvalue weighted by molar-refractivity contribution is 7.91. The third kappa shape index (κ3) is 5.09. The van der Waals surface area contributed by atoms with Crippen LogP contribution in [-0.4, -0.2) is 44.9 Å². The van der Waals surface area contributed by atoms with Crippen molar-refractivity contribution >= 4 is 21.4 Å². The number of rotatable bonds is 8. The average molecular weight is 280 g/mol. The van der Waals surface area contributed by atoms with Gasteiger partial charge >= 0.3 is 0 Å². The van der Waals surface area contributed by atoms with Crippen molar-refractivity contribution in [3.05, 3.63) is 11.2 Å². The third-order valence-electron chi connectivity index (χ3n) is 1.86.